The van der Waals surface area contributed by atoms with Gasteiger partial charge in [0.25, 0.3) is 0 Å². The first-order valence-electron chi connectivity index (χ1n) is 10.2. The van der Waals surface area contributed by atoms with Crippen LogP contribution in [0.25, 0.3) is 5.65 Å². The van der Waals surface area contributed by atoms with E-state index in [1.54, 1.807) is 16.9 Å². The van der Waals surface area contributed by atoms with Gasteiger partial charge in [0.05, 0.1) is 0 Å². The fourth-order valence-corrected chi connectivity index (χ4v) is 3.34. The van der Waals surface area contributed by atoms with Crippen molar-refractivity contribution >= 4 is 17.4 Å². The number of nitrogens with one attached hydrogen (secondary N) is 2. The molecule has 5 rings (SSSR count). The number of hydrogen-bond acceptors (Lipinski definition) is 8. The van der Waals surface area contributed by atoms with E-state index in [4.69, 9.17) is 9.47 Å². The van der Waals surface area contributed by atoms with Crippen LogP contribution in [0.2, 0.25) is 0 Å². The monoisotopic (exact) mass is 431 g/mol. The van der Waals surface area contributed by atoms with Gasteiger partial charge in [-0.25, -0.2) is 0 Å². The van der Waals surface area contributed by atoms with Crippen molar-refractivity contribution in [3.05, 3.63) is 71.8 Å². The number of rotatable bonds is 8. The number of carbonyl (C=O) groups is 1. The van der Waals surface area contributed by atoms with Crippen LogP contribution in [0.5, 0.6) is 11.5 Å². The third-order valence-electron chi connectivity index (χ3n) is 5.03. The van der Waals surface area contributed by atoms with Gasteiger partial charge in [-0.15, -0.1) is 15.3 Å². The highest BCUT2D eigenvalue weighted by Crippen LogP contribution is 2.32. The minimum Gasteiger partial charge on any atom is -0.454 e. The number of fused-ring (bicyclic) bond motifs is 2. The van der Waals surface area contributed by atoms with Gasteiger partial charge in [0, 0.05) is 38.3 Å². The predicted molar refractivity (Wildman–Crippen MR) is 115 cm³/mol. The maximum absolute atomic E-state index is 12.3. The Morgan fingerprint density at radius 2 is 1.97 bits per heavy atom. The Balaban J connectivity index is 1.17. The molecule has 0 bridgehead atoms. The number of aryl methyl sites for hydroxylation is 1. The van der Waals surface area contributed by atoms with Crippen LogP contribution in [-0.4, -0.2) is 37.5 Å². The summed E-state index contributed by atoms with van der Waals surface area (Å²) in [7, 11) is 0. The number of hydrogen-bond donors (Lipinski definition) is 2. The summed E-state index contributed by atoms with van der Waals surface area (Å²) in [6.45, 7) is 1.25. The summed E-state index contributed by atoms with van der Waals surface area (Å²) in [4.78, 5) is 16.5. The second-order valence-electron chi connectivity index (χ2n) is 7.28. The molecule has 1 aliphatic rings. The van der Waals surface area contributed by atoms with E-state index in [2.05, 4.69) is 30.9 Å². The van der Waals surface area contributed by atoms with E-state index >= 15 is 0 Å². The Bertz CT molecular complexity index is 1240. The van der Waals surface area contributed by atoms with E-state index in [0.717, 1.165) is 16.9 Å². The summed E-state index contributed by atoms with van der Waals surface area (Å²) < 4.78 is 12.3. The van der Waals surface area contributed by atoms with Gasteiger partial charge in [-0.05, 0) is 41.5 Å². The zero-order chi connectivity index (χ0) is 21.8. The fourth-order valence-electron chi connectivity index (χ4n) is 3.34. The van der Waals surface area contributed by atoms with Crippen molar-refractivity contribution < 1.29 is 14.3 Å². The van der Waals surface area contributed by atoms with E-state index in [1.165, 1.54) is 0 Å². The maximum Gasteiger partial charge on any atom is 0.231 e. The van der Waals surface area contributed by atoms with Crippen LogP contribution in [-0.2, 0) is 24.3 Å². The Hall–Kier alpha value is -4.21. The lowest BCUT2D eigenvalue weighted by atomic mass is 10.2. The summed E-state index contributed by atoms with van der Waals surface area (Å²) in [6.07, 6.45) is 4.24. The predicted octanol–water partition coefficient (Wildman–Crippen LogP) is 2.11. The molecule has 3 aromatic heterocycles. The van der Waals surface area contributed by atoms with E-state index < -0.39 is 0 Å². The lowest BCUT2D eigenvalue weighted by Gasteiger charge is -2.07. The second kappa shape index (κ2) is 8.88. The molecule has 0 unspecified atom stereocenters. The molecule has 0 radical (unpaired) electrons. The third-order valence-corrected chi connectivity index (χ3v) is 5.03. The van der Waals surface area contributed by atoms with Gasteiger partial charge in [0.1, 0.15) is 5.82 Å². The summed E-state index contributed by atoms with van der Waals surface area (Å²) in [6, 6.07) is 13.2. The molecule has 10 nitrogen and oxygen atoms in total. The molecule has 0 atom stereocenters. The Morgan fingerprint density at radius 1 is 1.03 bits per heavy atom. The van der Waals surface area contributed by atoms with E-state index in [1.807, 2.05) is 42.5 Å². The molecule has 32 heavy (non-hydrogen) atoms. The van der Waals surface area contributed by atoms with Crippen LogP contribution in [0.4, 0.5) is 5.82 Å². The number of pyridine rings is 1. The van der Waals surface area contributed by atoms with Gasteiger partial charge in [-0.3, -0.25) is 9.78 Å². The molecular formula is C22H21N7O3. The third kappa shape index (κ3) is 4.43. The summed E-state index contributed by atoms with van der Waals surface area (Å²) in [5.74, 6) is 2.66. The molecule has 1 aromatic carbocycles. The fraction of sp³-hybridized carbons (Fsp3) is 0.227. The summed E-state index contributed by atoms with van der Waals surface area (Å²) in [5, 5.41) is 19.1. The topological polar surface area (TPSA) is 116 Å². The molecular weight excluding hydrogens is 410 g/mol. The molecule has 0 spiro atoms. The lowest BCUT2D eigenvalue weighted by molar-refractivity contribution is -0.121. The number of amides is 1. The van der Waals surface area contributed by atoms with Gasteiger partial charge in [-0.1, -0.05) is 12.1 Å². The van der Waals surface area contributed by atoms with E-state index in [9.17, 15) is 4.79 Å². The van der Waals surface area contributed by atoms with E-state index in [0.29, 0.717) is 42.5 Å². The number of ether oxygens (including phenoxy) is 2. The maximum atomic E-state index is 12.3. The molecule has 1 aliphatic heterocycles. The Labute approximate surface area is 183 Å². The molecule has 0 saturated carbocycles. The molecule has 10 heteroatoms. The molecule has 162 valence electrons. The number of benzene rings is 1. The second-order valence-corrected chi connectivity index (χ2v) is 7.28. The van der Waals surface area contributed by atoms with Crippen molar-refractivity contribution in [3.63, 3.8) is 0 Å². The average Bonchev–Trinajstić information content (AvgIpc) is 3.47. The molecule has 1 amide bonds. The van der Waals surface area contributed by atoms with Crippen LogP contribution >= 0.6 is 0 Å². The van der Waals surface area contributed by atoms with Gasteiger partial charge in [0.2, 0.25) is 12.7 Å². The smallest absolute Gasteiger partial charge is 0.231 e. The Morgan fingerprint density at radius 3 is 2.88 bits per heavy atom. The zero-order valence-electron chi connectivity index (χ0n) is 17.2. The van der Waals surface area contributed by atoms with Crippen LogP contribution in [0.15, 0.2) is 54.9 Å². The van der Waals surface area contributed by atoms with Crippen molar-refractivity contribution in [3.8, 4) is 11.5 Å². The van der Waals surface area contributed by atoms with Crippen molar-refractivity contribution in [1.29, 1.82) is 0 Å². The average molecular weight is 431 g/mol. The number of nitrogens with zero attached hydrogens (tertiary/aromatic N) is 5. The summed E-state index contributed by atoms with van der Waals surface area (Å²) >= 11 is 0. The minimum absolute atomic E-state index is 0.0784. The van der Waals surface area contributed by atoms with Gasteiger partial charge >= 0.3 is 0 Å². The highest BCUT2D eigenvalue weighted by Gasteiger charge is 2.14. The zero-order valence-corrected chi connectivity index (χ0v) is 17.2. The molecule has 0 aliphatic carbocycles. The van der Waals surface area contributed by atoms with Crippen LogP contribution < -0.4 is 20.1 Å². The lowest BCUT2D eigenvalue weighted by Crippen LogP contribution is -2.23. The molecule has 0 fully saturated rings. The largest absolute Gasteiger partial charge is 0.454 e. The van der Waals surface area contributed by atoms with Gasteiger partial charge in [0.15, 0.2) is 23.0 Å². The first-order valence-corrected chi connectivity index (χ1v) is 10.2. The van der Waals surface area contributed by atoms with Crippen LogP contribution in [0.1, 0.15) is 23.4 Å². The molecule has 2 N–H and O–H groups in total. The Kier molecular flexibility index (Phi) is 5.48. The quantitative estimate of drug-likeness (QED) is 0.436. The van der Waals surface area contributed by atoms with E-state index in [-0.39, 0.29) is 19.1 Å². The summed E-state index contributed by atoms with van der Waals surface area (Å²) in [5.41, 5.74) is 2.63. The first kappa shape index (κ1) is 19.7. The van der Waals surface area contributed by atoms with Gasteiger partial charge < -0.3 is 20.1 Å². The number of anilines is 1. The first-order chi connectivity index (χ1) is 15.7. The van der Waals surface area contributed by atoms with Gasteiger partial charge in [-0.2, -0.15) is 4.52 Å². The van der Waals surface area contributed by atoms with Crippen molar-refractivity contribution in [2.24, 2.45) is 0 Å². The highest BCUT2D eigenvalue weighted by atomic mass is 16.7. The SMILES string of the molecule is O=C(CCc1nnc2ccc(NCc3cccnc3)nn12)NCc1ccc2c(c1)OCO2. The normalized spacial score (nSPS) is 12.1. The van der Waals surface area contributed by atoms with Crippen molar-refractivity contribution in [2.45, 2.75) is 25.9 Å². The highest BCUT2D eigenvalue weighted by molar-refractivity contribution is 5.76. The molecule has 4 aromatic rings. The number of carbonyl (C=O) groups excluding carboxylic acids is 1. The molecule has 0 saturated heterocycles. The van der Waals surface area contributed by atoms with Crippen LogP contribution in [0.3, 0.4) is 0 Å². The number of aromatic nitrogens is 5. The molecule has 4 heterocycles. The minimum atomic E-state index is -0.0784. The van der Waals surface area contributed by atoms with Crippen molar-refractivity contribution in [2.75, 3.05) is 12.1 Å². The van der Waals surface area contributed by atoms with Crippen LogP contribution in [0, 0.1) is 0 Å². The van der Waals surface area contributed by atoms with Crippen molar-refractivity contribution in [1.82, 2.24) is 30.1 Å². The standard InChI is InChI=1S/C22H21N7O3/c30-22(25-12-15-3-4-17-18(10-15)32-14-31-17)8-7-21-27-26-20-6-5-19(28-29(20)21)24-13-16-2-1-9-23-11-16/h1-6,9-11H,7-8,12-14H2,(H,24,28)(H,25,30).